The van der Waals surface area contributed by atoms with Crippen LogP contribution >= 0.6 is 0 Å². The lowest BCUT2D eigenvalue weighted by Gasteiger charge is -2.25. The lowest BCUT2D eigenvalue weighted by Crippen LogP contribution is -2.27. The zero-order valence-electron chi connectivity index (χ0n) is 28.8. The summed E-state index contributed by atoms with van der Waals surface area (Å²) in [6, 6.07) is 16.2. The van der Waals surface area contributed by atoms with Crippen molar-refractivity contribution in [2.75, 3.05) is 0 Å². The summed E-state index contributed by atoms with van der Waals surface area (Å²) in [7, 11) is 0. The summed E-state index contributed by atoms with van der Waals surface area (Å²) in [6.07, 6.45) is -16.6. The molecular formula is C42H18F12N4. The quantitative estimate of drug-likeness (QED) is 0.129. The van der Waals surface area contributed by atoms with Gasteiger partial charge in [0.1, 0.15) is 0 Å². The van der Waals surface area contributed by atoms with Crippen molar-refractivity contribution in [2.45, 2.75) is 31.1 Å². The number of halogens is 12. The van der Waals surface area contributed by atoms with Crippen molar-refractivity contribution in [1.82, 2.24) is 0 Å². The fourth-order valence-corrected chi connectivity index (χ4v) is 7.80. The molecule has 0 radical (unpaired) electrons. The molecule has 16 heteroatoms. The van der Waals surface area contributed by atoms with Crippen molar-refractivity contribution in [3.63, 3.8) is 0 Å². The Labute approximate surface area is 316 Å². The maximum absolute atomic E-state index is 13.8. The average Bonchev–Trinajstić information content (AvgIpc) is 3.65. The van der Waals surface area contributed by atoms with Crippen LogP contribution in [0.3, 0.4) is 0 Å². The highest BCUT2D eigenvalue weighted by Crippen LogP contribution is 2.45. The number of rotatable bonds is 2. The predicted molar refractivity (Wildman–Crippen MR) is 190 cm³/mol. The van der Waals surface area contributed by atoms with Crippen LogP contribution in [0, 0.1) is 28.8 Å². The van der Waals surface area contributed by atoms with Gasteiger partial charge in [-0.2, -0.15) is 73.2 Å². The SMILES string of the molecule is N#CN=c1c2cc(C3=CC(C(F)(F)F)CC(C(F)(F)F)=C3)ccc2c2c1ccc1c2ccc2c(=NC#N)c3cc(-c4cc(C(F)(F)F)cc(C(F)(F)F)c4)ccc3c21. The Balaban J connectivity index is 1.37. The van der Waals surface area contributed by atoms with Crippen LogP contribution in [0.4, 0.5) is 52.7 Å². The molecule has 290 valence electrons. The summed E-state index contributed by atoms with van der Waals surface area (Å²) >= 11 is 0. The second-order valence-electron chi connectivity index (χ2n) is 13.6. The molecule has 1 atom stereocenters. The van der Waals surface area contributed by atoms with E-state index in [0.29, 0.717) is 61.3 Å². The van der Waals surface area contributed by atoms with Crippen LogP contribution in [0.15, 0.2) is 107 Å². The van der Waals surface area contributed by atoms with Gasteiger partial charge in [-0.1, -0.05) is 54.6 Å². The van der Waals surface area contributed by atoms with Gasteiger partial charge in [0.25, 0.3) is 0 Å². The van der Waals surface area contributed by atoms with Crippen LogP contribution in [0.5, 0.6) is 0 Å². The minimum absolute atomic E-state index is 0.0166. The first-order chi connectivity index (χ1) is 27.2. The molecule has 0 spiro atoms. The van der Waals surface area contributed by atoms with Crippen LogP contribution in [-0.2, 0) is 12.4 Å². The highest BCUT2D eigenvalue weighted by Gasteiger charge is 2.45. The van der Waals surface area contributed by atoms with Gasteiger partial charge in [0.15, 0.2) is 0 Å². The third-order valence-electron chi connectivity index (χ3n) is 10.3. The van der Waals surface area contributed by atoms with Gasteiger partial charge < -0.3 is 0 Å². The first kappa shape index (κ1) is 38.2. The van der Waals surface area contributed by atoms with E-state index in [0.717, 1.165) is 6.08 Å². The van der Waals surface area contributed by atoms with Crippen LogP contribution < -0.4 is 10.7 Å². The fraction of sp³-hybridized carbons (Fsp3) is 0.143. The van der Waals surface area contributed by atoms with Gasteiger partial charge in [-0.3, -0.25) is 0 Å². The summed E-state index contributed by atoms with van der Waals surface area (Å²) in [5.74, 6) is -2.40. The molecule has 0 aliphatic heterocycles. The van der Waals surface area contributed by atoms with Gasteiger partial charge >= 0.3 is 24.7 Å². The Hall–Kier alpha value is -6.68. The Kier molecular flexibility index (Phi) is 8.51. The molecule has 7 aromatic rings. The number of allylic oxidation sites excluding steroid dienone is 4. The van der Waals surface area contributed by atoms with Crippen molar-refractivity contribution in [1.29, 1.82) is 10.5 Å². The molecule has 1 unspecified atom stereocenters. The largest absolute Gasteiger partial charge is 0.416 e. The van der Waals surface area contributed by atoms with E-state index in [1.807, 2.05) is 0 Å². The molecule has 58 heavy (non-hydrogen) atoms. The molecule has 0 saturated heterocycles. The Morgan fingerprint density at radius 3 is 1.36 bits per heavy atom. The van der Waals surface area contributed by atoms with Crippen LogP contribution in [0.25, 0.3) is 70.6 Å². The van der Waals surface area contributed by atoms with E-state index in [4.69, 9.17) is 0 Å². The van der Waals surface area contributed by atoms with E-state index in [-0.39, 0.29) is 49.8 Å². The van der Waals surface area contributed by atoms with Crippen LogP contribution in [0.2, 0.25) is 0 Å². The van der Waals surface area contributed by atoms with Gasteiger partial charge in [0.2, 0.25) is 12.4 Å². The third-order valence-corrected chi connectivity index (χ3v) is 10.3. The minimum Gasteiger partial charge on any atom is -0.172 e. The van der Waals surface area contributed by atoms with E-state index in [1.54, 1.807) is 36.7 Å². The van der Waals surface area contributed by atoms with E-state index in [9.17, 15) is 63.2 Å². The van der Waals surface area contributed by atoms with Crippen LogP contribution in [0.1, 0.15) is 23.1 Å². The fourth-order valence-electron chi connectivity index (χ4n) is 7.80. The van der Waals surface area contributed by atoms with Gasteiger partial charge in [-0.25, -0.2) is 0 Å². The number of alkyl halides is 12. The molecule has 0 fully saturated rings. The minimum atomic E-state index is -5.09. The topological polar surface area (TPSA) is 72.3 Å². The molecule has 8 rings (SSSR count). The molecule has 0 N–H and O–H groups in total. The number of hydrogen-bond donors (Lipinski definition) is 0. The summed E-state index contributed by atoms with van der Waals surface area (Å²) in [6.45, 7) is 0. The van der Waals surface area contributed by atoms with Crippen LogP contribution in [-0.4, -0.2) is 12.4 Å². The van der Waals surface area contributed by atoms with Gasteiger partial charge in [-0.15, -0.1) is 0 Å². The van der Waals surface area contributed by atoms with Gasteiger partial charge in [0.05, 0.1) is 27.8 Å². The number of hydrogen-bond acceptors (Lipinski definition) is 4. The van der Waals surface area contributed by atoms with E-state index < -0.39 is 53.7 Å². The Bertz CT molecular complexity index is 3140. The smallest absolute Gasteiger partial charge is 0.172 e. The van der Waals surface area contributed by atoms with Crippen molar-refractivity contribution < 1.29 is 52.7 Å². The summed E-state index contributed by atoms with van der Waals surface area (Å²) in [5.41, 5.74) is -5.09. The highest BCUT2D eigenvalue weighted by atomic mass is 19.4. The van der Waals surface area contributed by atoms with Crippen molar-refractivity contribution in [2.24, 2.45) is 15.9 Å². The molecular weight excluding hydrogens is 788 g/mol. The van der Waals surface area contributed by atoms with Crippen molar-refractivity contribution >= 4 is 59.4 Å². The predicted octanol–water partition coefficient (Wildman–Crippen LogP) is 12.3. The Morgan fingerprint density at radius 2 is 0.914 bits per heavy atom. The molecule has 0 bridgehead atoms. The molecule has 1 aliphatic rings. The van der Waals surface area contributed by atoms with Gasteiger partial charge in [0, 0.05) is 27.1 Å². The monoisotopic (exact) mass is 806 g/mol. The summed E-state index contributed by atoms with van der Waals surface area (Å²) in [4.78, 5) is 7.92. The number of nitriles is 2. The second kappa shape index (κ2) is 12.9. The first-order valence-electron chi connectivity index (χ1n) is 16.9. The Morgan fingerprint density at radius 1 is 0.483 bits per heavy atom. The van der Waals surface area contributed by atoms with Gasteiger partial charge in [-0.05, 0) is 97.4 Å². The lowest BCUT2D eigenvalue weighted by molar-refractivity contribution is -0.165. The number of nitrogens with zero attached hydrogens (tertiary/aromatic N) is 4. The molecule has 0 saturated carbocycles. The lowest BCUT2D eigenvalue weighted by atomic mass is 9.86. The molecule has 1 aliphatic carbocycles. The van der Waals surface area contributed by atoms with E-state index in [2.05, 4.69) is 9.98 Å². The zero-order valence-corrected chi connectivity index (χ0v) is 28.8. The van der Waals surface area contributed by atoms with E-state index >= 15 is 0 Å². The number of benzene rings is 5. The maximum Gasteiger partial charge on any atom is 0.416 e. The normalized spacial score (nSPS) is 16.4. The van der Waals surface area contributed by atoms with Crippen molar-refractivity contribution in [3.8, 4) is 23.5 Å². The van der Waals surface area contributed by atoms with E-state index in [1.165, 1.54) is 36.4 Å². The molecule has 0 aromatic heterocycles. The first-order valence-corrected chi connectivity index (χ1v) is 16.9. The average molecular weight is 807 g/mol. The summed E-state index contributed by atoms with van der Waals surface area (Å²) in [5, 5.41) is 23.8. The highest BCUT2D eigenvalue weighted by molar-refractivity contribution is 6.31. The van der Waals surface area contributed by atoms with Crippen molar-refractivity contribution in [3.05, 3.63) is 124 Å². The summed E-state index contributed by atoms with van der Waals surface area (Å²) < 4.78 is 165. The molecule has 0 heterocycles. The number of fused-ring (bicyclic) bond motifs is 9. The second-order valence-corrected chi connectivity index (χ2v) is 13.6. The zero-order chi connectivity index (χ0) is 41.7. The molecule has 7 aromatic carbocycles. The third kappa shape index (κ3) is 6.29. The molecule has 0 amide bonds. The maximum atomic E-state index is 13.8. The standard InChI is InChI=1S/C42H18F12N4/c43-39(44,45)23-9-21(10-24(15-23)40(46,47)48)19-1-3-29-33(13-19)37(57-17-55)31-7-6-28-27(35(29)31)5-8-32-36(28)30-4-2-20(14-34(30)38(32)58-18-56)22-11-25(41(49,50)51)16-26(12-22)42(52,53)54/h1-15,25H,16H2. The molecule has 4 nitrogen and oxygen atoms in total.